The fourth-order valence-corrected chi connectivity index (χ4v) is 1.03. The summed E-state index contributed by atoms with van der Waals surface area (Å²) >= 11 is 0. The van der Waals surface area contributed by atoms with Crippen LogP contribution in [0, 0.1) is 12.3 Å². The van der Waals surface area contributed by atoms with Gasteiger partial charge >= 0.3 is 16.2 Å². The van der Waals surface area contributed by atoms with E-state index in [4.69, 9.17) is 11.2 Å². The summed E-state index contributed by atoms with van der Waals surface area (Å²) in [5.41, 5.74) is 0. The molecule has 1 N–H and O–H groups in total. The van der Waals surface area contributed by atoms with E-state index in [2.05, 4.69) is 20.0 Å². The van der Waals surface area contributed by atoms with Crippen LogP contribution in [0.5, 0.6) is 0 Å². The highest BCUT2D eigenvalue weighted by atomic mass is 32.2. The molecular formula is C5H5N3O3S. The number of nitrogens with zero attached hydrogens (tertiary/aromatic N) is 2. The van der Waals surface area contributed by atoms with Gasteiger partial charge in [0.1, 0.15) is 6.34 Å². The first-order valence-electron chi connectivity index (χ1n) is 2.85. The van der Waals surface area contributed by atoms with Crippen LogP contribution in [-0.4, -0.2) is 27.4 Å². The van der Waals surface area contributed by atoms with Gasteiger partial charge in [0.2, 0.25) is 0 Å². The number of ether oxygens (including phenoxy) is 1. The van der Waals surface area contributed by atoms with Crippen LogP contribution in [0.3, 0.4) is 0 Å². The van der Waals surface area contributed by atoms with Crippen LogP contribution in [0.15, 0.2) is 8.80 Å². The summed E-state index contributed by atoms with van der Waals surface area (Å²) in [5.74, 6) is 2.16. The molecule has 1 aliphatic rings. The third kappa shape index (κ3) is 2.25. The molecule has 0 fully saturated rings. The lowest BCUT2D eigenvalue weighted by Gasteiger charge is -2.06. The van der Waals surface area contributed by atoms with Crippen molar-refractivity contribution in [2.75, 3.05) is 6.61 Å². The van der Waals surface area contributed by atoms with Crippen LogP contribution in [0.2, 0.25) is 0 Å². The summed E-state index contributed by atoms with van der Waals surface area (Å²) in [6.07, 6.45) is 5.84. The highest BCUT2D eigenvalue weighted by Gasteiger charge is 2.12. The smallest absolute Gasteiger partial charge is 0.368 e. The Morgan fingerprint density at radius 2 is 2.50 bits per heavy atom. The van der Waals surface area contributed by atoms with E-state index >= 15 is 0 Å². The van der Waals surface area contributed by atoms with Crippen molar-refractivity contribution in [1.82, 2.24) is 5.32 Å². The molecule has 0 aromatic heterocycles. The number of hydrogen-bond acceptors (Lipinski definition) is 4. The Kier molecular flexibility index (Phi) is 2.30. The Morgan fingerprint density at radius 3 is 3.08 bits per heavy atom. The second-order valence-corrected chi connectivity index (χ2v) is 3.00. The second-order valence-electron chi connectivity index (χ2n) is 1.72. The van der Waals surface area contributed by atoms with Crippen LogP contribution in [0.1, 0.15) is 0 Å². The summed E-state index contributed by atoms with van der Waals surface area (Å²) in [6.45, 7) is -0.0464. The molecule has 0 bridgehead atoms. The molecule has 0 spiro atoms. The minimum Gasteiger partial charge on any atom is -0.451 e. The number of amidine groups is 1. The lowest BCUT2D eigenvalue weighted by atomic mass is 10.7. The van der Waals surface area contributed by atoms with E-state index in [9.17, 15) is 8.42 Å². The third-order valence-corrected chi connectivity index (χ3v) is 1.63. The van der Waals surface area contributed by atoms with Crippen LogP contribution in [0.4, 0.5) is 0 Å². The zero-order chi connectivity index (χ0) is 9.03. The molecule has 0 radical (unpaired) electrons. The highest BCUT2D eigenvalue weighted by Crippen LogP contribution is 1.97. The summed E-state index contributed by atoms with van der Waals surface area (Å²) < 4.78 is 32.2. The first kappa shape index (κ1) is 8.55. The minimum absolute atomic E-state index is 0.0464. The first-order chi connectivity index (χ1) is 5.64. The lowest BCUT2D eigenvalue weighted by Crippen LogP contribution is -2.29. The lowest BCUT2D eigenvalue weighted by molar-refractivity contribution is 0.347. The normalized spacial score (nSPS) is 18.8. The van der Waals surface area contributed by atoms with Gasteiger partial charge in [-0.05, 0) is 0 Å². The van der Waals surface area contributed by atoms with Crippen molar-refractivity contribution < 1.29 is 13.2 Å². The molecule has 6 nitrogen and oxygen atoms in total. The Balaban J connectivity index is 2.70. The number of hydrogen-bond donors (Lipinski definition) is 1. The van der Waals surface area contributed by atoms with Crippen molar-refractivity contribution in [1.29, 1.82) is 0 Å². The van der Waals surface area contributed by atoms with Crippen LogP contribution >= 0.6 is 0 Å². The summed E-state index contributed by atoms with van der Waals surface area (Å²) in [7, 11) is -3.76. The monoisotopic (exact) mass is 187 g/mol. The first-order valence-corrected chi connectivity index (χ1v) is 4.25. The van der Waals surface area contributed by atoms with Gasteiger partial charge in [-0.2, -0.15) is 8.42 Å². The molecule has 1 rings (SSSR count). The molecule has 0 atom stereocenters. The van der Waals surface area contributed by atoms with E-state index in [1.54, 1.807) is 0 Å². The fraction of sp³-hybridized carbons (Fsp3) is 0.200. The molecule has 0 unspecified atom stereocenters. The van der Waals surface area contributed by atoms with Crippen LogP contribution < -0.4 is 5.32 Å². The number of nitrogens with one attached hydrogen (secondary N) is 1. The Morgan fingerprint density at radius 1 is 1.75 bits per heavy atom. The number of rotatable bonds is 1. The van der Waals surface area contributed by atoms with E-state index in [-0.39, 0.29) is 12.6 Å². The molecule has 7 heteroatoms. The van der Waals surface area contributed by atoms with E-state index in [0.29, 0.717) is 0 Å². The molecule has 0 aromatic rings. The van der Waals surface area contributed by atoms with E-state index in [1.807, 2.05) is 0 Å². The van der Waals surface area contributed by atoms with Gasteiger partial charge < -0.3 is 4.74 Å². The van der Waals surface area contributed by atoms with E-state index in [1.165, 1.54) is 0 Å². The number of terminal acetylenes is 1. The summed E-state index contributed by atoms with van der Waals surface area (Å²) in [4.78, 5) is 0. The maximum Gasteiger partial charge on any atom is 0.368 e. The highest BCUT2D eigenvalue weighted by molar-refractivity contribution is 7.89. The Labute approximate surface area is 69.5 Å². The second kappa shape index (κ2) is 3.23. The molecular weight excluding hydrogens is 182 g/mol. The van der Waals surface area contributed by atoms with Gasteiger partial charge in [-0.1, -0.05) is 10.3 Å². The van der Waals surface area contributed by atoms with Gasteiger partial charge in [0.25, 0.3) is 0 Å². The molecule has 1 aliphatic heterocycles. The largest absolute Gasteiger partial charge is 0.451 e. The molecule has 64 valence electrons. The van der Waals surface area contributed by atoms with Crippen molar-refractivity contribution in [3.05, 3.63) is 0 Å². The summed E-state index contributed by atoms with van der Waals surface area (Å²) in [5, 5.41) is 2.37. The van der Waals surface area contributed by atoms with E-state index in [0.717, 1.165) is 6.34 Å². The van der Waals surface area contributed by atoms with E-state index < -0.39 is 10.2 Å². The molecule has 0 aromatic carbocycles. The summed E-state index contributed by atoms with van der Waals surface area (Å²) in [6, 6.07) is -0.164. The van der Waals surface area contributed by atoms with Crippen molar-refractivity contribution >= 4 is 22.6 Å². The fourth-order valence-electron chi connectivity index (χ4n) is 0.481. The maximum atomic E-state index is 10.7. The Hall–Kier alpha value is -1.55. The van der Waals surface area contributed by atoms with Crippen molar-refractivity contribution in [2.24, 2.45) is 8.80 Å². The predicted molar refractivity (Wildman–Crippen MR) is 42.8 cm³/mol. The third-order valence-electron chi connectivity index (χ3n) is 0.864. The quantitative estimate of drug-likeness (QED) is 0.527. The molecule has 1 heterocycles. The molecule has 0 amide bonds. The van der Waals surface area contributed by atoms with Gasteiger partial charge in [-0.15, -0.1) is 10.8 Å². The zero-order valence-corrected chi connectivity index (χ0v) is 6.71. The standard InChI is InChI=1S/C5H5N3O3S/c1-2-3-11-5-6-4-7-12(9,10)8-5/h1,4H,3H2,(H,6,7,8). The van der Waals surface area contributed by atoms with Gasteiger partial charge in [0.05, 0.1) is 0 Å². The zero-order valence-electron chi connectivity index (χ0n) is 5.89. The average molecular weight is 187 g/mol. The van der Waals surface area contributed by atoms with Crippen LogP contribution in [-0.2, 0) is 14.9 Å². The Bertz CT molecular complexity index is 362. The molecule has 0 saturated carbocycles. The molecule has 12 heavy (non-hydrogen) atoms. The van der Waals surface area contributed by atoms with Gasteiger partial charge in [0.15, 0.2) is 6.61 Å². The SMILES string of the molecule is C#CCOC1=NS(=O)(=O)N=CN1. The van der Waals surface area contributed by atoms with Gasteiger partial charge in [0, 0.05) is 0 Å². The molecule has 0 aliphatic carbocycles. The van der Waals surface area contributed by atoms with Crippen molar-refractivity contribution in [3.63, 3.8) is 0 Å². The van der Waals surface area contributed by atoms with Crippen molar-refractivity contribution in [2.45, 2.75) is 0 Å². The van der Waals surface area contributed by atoms with Crippen molar-refractivity contribution in [3.8, 4) is 12.3 Å². The average Bonchev–Trinajstić information content (AvgIpc) is 1.99. The minimum atomic E-state index is -3.76. The maximum absolute atomic E-state index is 10.7. The molecule has 0 saturated heterocycles. The predicted octanol–water partition coefficient (Wildman–Crippen LogP) is -1.13. The topological polar surface area (TPSA) is 80.1 Å². The van der Waals surface area contributed by atoms with Gasteiger partial charge in [-0.25, -0.2) is 0 Å². The van der Waals surface area contributed by atoms with Gasteiger partial charge in [-0.3, -0.25) is 5.32 Å². The van der Waals surface area contributed by atoms with Crippen LogP contribution in [0.25, 0.3) is 0 Å².